The van der Waals surface area contributed by atoms with E-state index in [0.717, 1.165) is 17.2 Å². The van der Waals surface area contributed by atoms with E-state index in [1.165, 1.54) is 24.3 Å². The van der Waals surface area contributed by atoms with Gasteiger partial charge in [0.05, 0.1) is 35.8 Å². The minimum absolute atomic E-state index is 0.0726. The van der Waals surface area contributed by atoms with Crippen LogP contribution in [0.25, 0.3) is 11.1 Å². The lowest BCUT2D eigenvalue weighted by atomic mass is 9.92. The molecule has 4 rings (SSSR count). The van der Waals surface area contributed by atoms with Crippen molar-refractivity contribution in [3.8, 4) is 23.3 Å². The number of nitrogens with zero attached hydrogens (tertiary/aromatic N) is 2. The van der Waals surface area contributed by atoms with Crippen LogP contribution < -0.4 is 16.0 Å². The maximum atomic E-state index is 14.4. The van der Waals surface area contributed by atoms with Gasteiger partial charge in [-0.05, 0) is 58.7 Å². The minimum Gasteiger partial charge on any atom is -0.395 e. The summed E-state index contributed by atoms with van der Waals surface area (Å²) in [6.07, 6.45) is -3.64. The molecule has 1 aliphatic rings. The molecule has 0 radical (unpaired) electrons. The molecule has 0 saturated heterocycles. The largest absolute Gasteiger partial charge is 0.407 e. The third kappa shape index (κ3) is 8.33. The molecule has 2 amide bonds. The zero-order valence-corrected chi connectivity index (χ0v) is 25.9. The number of halogens is 4. The van der Waals surface area contributed by atoms with Gasteiger partial charge in [-0.2, -0.15) is 23.7 Å². The van der Waals surface area contributed by atoms with Gasteiger partial charge in [-0.1, -0.05) is 68.4 Å². The van der Waals surface area contributed by atoms with Gasteiger partial charge < -0.3 is 15.7 Å². The van der Waals surface area contributed by atoms with E-state index >= 15 is 0 Å². The number of nitriles is 2. The number of carbonyl (C=O) groups excluding carboxylic acids is 2. The molecule has 1 fully saturated rings. The van der Waals surface area contributed by atoms with Gasteiger partial charge in [-0.25, -0.2) is 4.39 Å². The summed E-state index contributed by atoms with van der Waals surface area (Å²) in [7, 11) is 0. The summed E-state index contributed by atoms with van der Waals surface area (Å²) in [4.78, 5) is 25.8. The average molecular weight is 650 g/mol. The minimum atomic E-state index is -4.77. The number of carbonyl (C=O) groups is 2. The predicted octanol–water partition coefficient (Wildman–Crippen LogP) is 4.97. The summed E-state index contributed by atoms with van der Waals surface area (Å²) >= 11 is 0. The Hall–Kier alpha value is -4.78. The Bertz CT molecular complexity index is 1660. The molecule has 47 heavy (non-hydrogen) atoms. The van der Waals surface area contributed by atoms with Crippen LogP contribution in [0.5, 0.6) is 0 Å². The van der Waals surface area contributed by atoms with E-state index in [1.807, 2.05) is 18.2 Å². The van der Waals surface area contributed by atoms with Crippen LogP contribution in [-0.2, 0) is 21.4 Å². The summed E-state index contributed by atoms with van der Waals surface area (Å²) in [5.41, 5.74) is 1.63. The number of benzene rings is 3. The molecule has 3 atom stereocenters. The quantitative estimate of drug-likeness (QED) is 0.193. The van der Waals surface area contributed by atoms with Gasteiger partial charge in [0.2, 0.25) is 11.8 Å². The van der Waals surface area contributed by atoms with Gasteiger partial charge in [-0.15, -0.1) is 0 Å². The topological polar surface area (TPSA) is 138 Å². The third-order valence-electron chi connectivity index (χ3n) is 8.30. The predicted molar refractivity (Wildman–Crippen MR) is 166 cm³/mol. The Morgan fingerprint density at radius 3 is 2.09 bits per heavy atom. The highest BCUT2D eigenvalue weighted by atomic mass is 19.4. The lowest BCUT2D eigenvalue weighted by Crippen LogP contribution is -2.53. The number of amides is 2. The zero-order chi connectivity index (χ0) is 34.4. The number of nitrogens with one attached hydrogen (secondary N) is 3. The summed E-state index contributed by atoms with van der Waals surface area (Å²) < 4.78 is 57.5. The van der Waals surface area contributed by atoms with Crippen molar-refractivity contribution in [3.63, 3.8) is 0 Å². The zero-order valence-electron chi connectivity index (χ0n) is 25.9. The van der Waals surface area contributed by atoms with E-state index < -0.39 is 47.4 Å². The molecule has 246 valence electrons. The molecule has 3 aromatic rings. The Kier molecular flexibility index (Phi) is 11.0. The molecule has 0 bridgehead atoms. The number of aliphatic hydroxyl groups is 1. The highest BCUT2D eigenvalue weighted by Gasteiger charge is 2.51. The summed E-state index contributed by atoms with van der Waals surface area (Å²) in [6.45, 7) is 3.16. The first-order valence-corrected chi connectivity index (χ1v) is 15.1. The van der Waals surface area contributed by atoms with Crippen LogP contribution in [-0.4, -0.2) is 48.3 Å². The average Bonchev–Trinajstić information content (AvgIpc) is 3.86. The van der Waals surface area contributed by atoms with Crippen molar-refractivity contribution < 1.29 is 32.3 Å². The molecule has 0 heterocycles. The van der Waals surface area contributed by atoms with Gasteiger partial charge >= 0.3 is 6.18 Å². The van der Waals surface area contributed by atoms with Crippen molar-refractivity contribution in [2.24, 2.45) is 5.92 Å². The molecule has 0 spiro atoms. The van der Waals surface area contributed by atoms with E-state index in [-0.39, 0.29) is 42.2 Å². The third-order valence-corrected chi connectivity index (χ3v) is 8.30. The fourth-order valence-corrected chi connectivity index (χ4v) is 5.48. The second-order valence-electron chi connectivity index (χ2n) is 11.9. The lowest BCUT2D eigenvalue weighted by molar-refractivity contribution is -0.161. The number of alkyl halides is 3. The summed E-state index contributed by atoms with van der Waals surface area (Å²) in [5.74, 6) is -2.33. The van der Waals surface area contributed by atoms with Crippen LogP contribution in [0.3, 0.4) is 0 Å². The Morgan fingerprint density at radius 1 is 0.979 bits per heavy atom. The van der Waals surface area contributed by atoms with Crippen molar-refractivity contribution in [2.45, 2.75) is 62.8 Å². The van der Waals surface area contributed by atoms with Gasteiger partial charge in [-0.3, -0.25) is 14.9 Å². The van der Waals surface area contributed by atoms with Crippen LogP contribution in [0.15, 0.2) is 66.7 Å². The molecule has 3 aromatic carbocycles. The van der Waals surface area contributed by atoms with Crippen LogP contribution in [0, 0.1) is 34.4 Å². The second-order valence-corrected chi connectivity index (χ2v) is 11.9. The fraction of sp³-hybridized carbons (Fsp3) is 0.371. The normalized spacial score (nSPS) is 15.5. The van der Waals surface area contributed by atoms with Crippen LogP contribution in [0.1, 0.15) is 55.0 Å². The molecule has 0 aromatic heterocycles. The highest BCUT2D eigenvalue weighted by molar-refractivity contribution is 5.91. The first kappa shape index (κ1) is 35.1. The number of aliphatic hydroxyl groups excluding tert-OH is 1. The first-order chi connectivity index (χ1) is 22.3. The van der Waals surface area contributed by atoms with Gasteiger partial charge in [0, 0.05) is 13.0 Å². The number of hydrogen-bond donors (Lipinski definition) is 4. The Labute approximate surface area is 270 Å². The van der Waals surface area contributed by atoms with E-state index in [0.29, 0.717) is 18.4 Å². The summed E-state index contributed by atoms with van der Waals surface area (Å²) in [5, 5.41) is 35.1. The lowest BCUT2D eigenvalue weighted by Gasteiger charge is -2.30. The molecule has 0 aliphatic heterocycles. The van der Waals surface area contributed by atoms with Crippen molar-refractivity contribution in [3.05, 3.63) is 94.8 Å². The summed E-state index contributed by atoms with van der Waals surface area (Å²) in [6, 6.07) is 15.6. The second kappa shape index (κ2) is 14.8. The smallest absolute Gasteiger partial charge is 0.395 e. The SMILES string of the molecule is CC(C)[C@H](N[C@@H](c1ccc(-c2ccc(C3(C(=O)NCCO)CC3)cc2)cc1)C(F)(F)F)C(=O)N[C@H](C#N)Cc1ccc(C#N)cc1F. The number of hydrogen-bond acceptors (Lipinski definition) is 6. The van der Waals surface area contributed by atoms with Crippen LogP contribution >= 0.6 is 0 Å². The maximum Gasteiger partial charge on any atom is 0.407 e. The van der Waals surface area contributed by atoms with Crippen molar-refractivity contribution in [1.29, 1.82) is 10.5 Å². The number of rotatable bonds is 13. The monoisotopic (exact) mass is 649 g/mol. The molecule has 1 aliphatic carbocycles. The van der Waals surface area contributed by atoms with Crippen LogP contribution in [0.4, 0.5) is 17.6 Å². The molecule has 8 nitrogen and oxygen atoms in total. The van der Waals surface area contributed by atoms with Gasteiger partial charge in [0.25, 0.3) is 0 Å². The molecule has 4 N–H and O–H groups in total. The molecule has 0 unspecified atom stereocenters. The fourth-order valence-electron chi connectivity index (χ4n) is 5.48. The standard InChI is InChI=1S/C35H35F4N5O3/c1-21(2)30(32(46)43-28(20-41)18-26-4-3-22(19-40)17-29(26)36)44-31(35(37,38)39)25-7-5-23(6-8-25)24-9-11-27(12-10-24)34(13-14-34)33(47)42-15-16-45/h3-12,17,21,28,30-31,44-45H,13-16,18H2,1-2H3,(H,42,47)(H,43,46)/t28-,30-,31-/m0/s1. The van der Waals surface area contributed by atoms with E-state index in [2.05, 4.69) is 16.0 Å². The van der Waals surface area contributed by atoms with Crippen molar-refractivity contribution in [2.75, 3.05) is 13.2 Å². The van der Waals surface area contributed by atoms with E-state index in [4.69, 9.17) is 10.4 Å². The maximum absolute atomic E-state index is 14.4. The van der Waals surface area contributed by atoms with Crippen molar-refractivity contribution in [1.82, 2.24) is 16.0 Å². The molecular formula is C35H35F4N5O3. The van der Waals surface area contributed by atoms with E-state index in [1.54, 1.807) is 44.2 Å². The highest BCUT2D eigenvalue weighted by Crippen LogP contribution is 2.48. The molecule has 12 heteroatoms. The van der Waals surface area contributed by atoms with Gasteiger partial charge in [0.15, 0.2) is 0 Å². The van der Waals surface area contributed by atoms with Crippen molar-refractivity contribution >= 4 is 11.8 Å². The Balaban J connectivity index is 1.48. The van der Waals surface area contributed by atoms with Crippen LogP contribution in [0.2, 0.25) is 0 Å². The Morgan fingerprint density at radius 2 is 1.60 bits per heavy atom. The molecular weight excluding hydrogens is 614 g/mol. The molecule has 1 saturated carbocycles. The first-order valence-electron chi connectivity index (χ1n) is 15.1. The van der Waals surface area contributed by atoms with Gasteiger partial charge in [0.1, 0.15) is 17.9 Å². The van der Waals surface area contributed by atoms with E-state index in [9.17, 15) is 32.4 Å².